The zero-order valence-electron chi connectivity index (χ0n) is 10.6. The number of methoxy groups -OCH3 is 1. The molecule has 2 unspecified atom stereocenters. The number of nitrogens with one attached hydrogen (secondary N) is 1. The van der Waals surface area contributed by atoms with Crippen LogP contribution in [0.1, 0.15) is 29.6 Å². The first-order chi connectivity index (χ1) is 9.02. The van der Waals surface area contributed by atoms with Gasteiger partial charge in [-0.05, 0) is 31.4 Å². The smallest absolute Gasteiger partial charge is 0.337 e. The number of carboxylic acids is 1. The van der Waals surface area contributed by atoms with Gasteiger partial charge in [0.15, 0.2) is 0 Å². The van der Waals surface area contributed by atoms with Crippen LogP contribution < -0.4 is 11.1 Å². The largest absolute Gasteiger partial charge is 0.478 e. The van der Waals surface area contributed by atoms with Crippen LogP contribution in [-0.2, 0) is 4.74 Å². The van der Waals surface area contributed by atoms with Gasteiger partial charge in [-0.2, -0.15) is 0 Å². The molecule has 0 saturated heterocycles. The molecule has 0 amide bonds. The van der Waals surface area contributed by atoms with Crippen LogP contribution in [-0.4, -0.2) is 30.3 Å². The van der Waals surface area contributed by atoms with Gasteiger partial charge in [0, 0.05) is 12.8 Å². The summed E-state index contributed by atoms with van der Waals surface area (Å²) in [5, 5.41) is 12.0. The molecule has 1 aromatic carbocycles. The monoisotopic (exact) mass is 268 g/mol. The van der Waals surface area contributed by atoms with E-state index in [-0.39, 0.29) is 29.1 Å². The number of hydrogen-bond donors (Lipinski definition) is 3. The number of benzene rings is 1. The van der Waals surface area contributed by atoms with E-state index < -0.39 is 11.8 Å². The van der Waals surface area contributed by atoms with E-state index in [2.05, 4.69) is 5.32 Å². The van der Waals surface area contributed by atoms with Gasteiger partial charge in [0.25, 0.3) is 0 Å². The molecule has 0 radical (unpaired) electrons. The maximum atomic E-state index is 13.8. The molecule has 1 saturated carbocycles. The van der Waals surface area contributed by atoms with Gasteiger partial charge in [0.1, 0.15) is 5.82 Å². The van der Waals surface area contributed by atoms with Crippen molar-refractivity contribution < 1.29 is 19.0 Å². The van der Waals surface area contributed by atoms with Crippen molar-refractivity contribution in [3.05, 3.63) is 23.5 Å². The fourth-order valence-corrected chi connectivity index (χ4v) is 2.46. The number of rotatable bonds is 4. The third kappa shape index (κ3) is 2.78. The Labute approximate surface area is 110 Å². The van der Waals surface area contributed by atoms with Crippen LogP contribution in [0, 0.1) is 5.82 Å². The van der Waals surface area contributed by atoms with Gasteiger partial charge in [-0.1, -0.05) is 0 Å². The number of nitrogens with two attached hydrogens (primary N) is 1. The first-order valence-corrected chi connectivity index (χ1v) is 6.14. The van der Waals surface area contributed by atoms with Crippen LogP contribution in [0.5, 0.6) is 0 Å². The average Bonchev–Trinajstić information content (AvgIpc) is 2.79. The van der Waals surface area contributed by atoms with Crippen molar-refractivity contribution in [2.45, 2.75) is 31.4 Å². The molecular formula is C13H17FN2O3. The predicted octanol–water partition coefficient (Wildman–Crippen LogP) is 2.09. The Hall–Kier alpha value is -1.82. The predicted molar refractivity (Wildman–Crippen MR) is 69.8 cm³/mol. The molecule has 2 atom stereocenters. The molecule has 0 aromatic heterocycles. The van der Waals surface area contributed by atoms with E-state index in [0.717, 1.165) is 25.3 Å². The number of aromatic carboxylic acids is 1. The Morgan fingerprint density at radius 3 is 2.89 bits per heavy atom. The van der Waals surface area contributed by atoms with E-state index in [1.54, 1.807) is 7.11 Å². The van der Waals surface area contributed by atoms with Gasteiger partial charge in [0.2, 0.25) is 0 Å². The quantitative estimate of drug-likeness (QED) is 0.728. The molecule has 2 rings (SSSR count). The summed E-state index contributed by atoms with van der Waals surface area (Å²) < 4.78 is 19.1. The second-order valence-corrected chi connectivity index (χ2v) is 4.68. The van der Waals surface area contributed by atoms with Gasteiger partial charge < -0.3 is 20.9 Å². The maximum absolute atomic E-state index is 13.8. The molecule has 104 valence electrons. The van der Waals surface area contributed by atoms with Gasteiger partial charge >= 0.3 is 5.97 Å². The number of nitrogen functional groups attached to an aromatic ring is 1. The number of halogens is 1. The lowest BCUT2D eigenvalue weighted by Gasteiger charge is -2.21. The maximum Gasteiger partial charge on any atom is 0.337 e. The first kappa shape index (κ1) is 13.6. The summed E-state index contributed by atoms with van der Waals surface area (Å²) >= 11 is 0. The lowest BCUT2D eigenvalue weighted by atomic mass is 10.1. The van der Waals surface area contributed by atoms with Gasteiger partial charge in [-0.25, -0.2) is 9.18 Å². The molecule has 0 heterocycles. The number of carboxylic acid groups (broad SMARTS) is 1. The summed E-state index contributed by atoms with van der Waals surface area (Å²) in [7, 11) is 1.62. The molecule has 5 nitrogen and oxygen atoms in total. The fraction of sp³-hybridized carbons (Fsp3) is 0.462. The van der Waals surface area contributed by atoms with Crippen LogP contribution in [0.25, 0.3) is 0 Å². The molecule has 0 spiro atoms. The lowest BCUT2D eigenvalue weighted by Crippen LogP contribution is -2.30. The molecule has 1 aliphatic carbocycles. The molecular weight excluding hydrogens is 251 g/mol. The fourth-order valence-electron chi connectivity index (χ4n) is 2.46. The molecule has 0 bridgehead atoms. The van der Waals surface area contributed by atoms with E-state index in [4.69, 9.17) is 15.6 Å². The Kier molecular flexibility index (Phi) is 3.90. The molecule has 1 aliphatic rings. The topological polar surface area (TPSA) is 84.6 Å². The van der Waals surface area contributed by atoms with E-state index in [1.807, 2.05) is 0 Å². The molecule has 1 fully saturated rings. The summed E-state index contributed by atoms with van der Waals surface area (Å²) in [5.74, 6) is -1.72. The van der Waals surface area contributed by atoms with E-state index in [1.165, 1.54) is 6.07 Å². The minimum Gasteiger partial charge on any atom is -0.478 e. The van der Waals surface area contributed by atoms with Crippen molar-refractivity contribution in [1.82, 2.24) is 0 Å². The Bertz CT molecular complexity index is 493. The second-order valence-electron chi connectivity index (χ2n) is 4.68. The lowest BCUT2D eigenvalue weighted by molar-refractivity contribution is 0.0698. The average molecular weight is 268 g/mol. The first-order valence-electron chi connectivity index (χ1n) is 6.14. The zero-order valence-corrected chi connectivity index (χ0v) is 10.6. The van der Waals surface area contributed by atoms with Gasteiger partial charge in [-0.3, -0.25) is 0 Å². The number of ether oxygens (including phenoxy) is 1. The minimum atomic E-state index is -1.17. The number of anilines is 2. The summed E-state index contributed by atoms with van der Waals surface area (Å²) in [6.07, 6.45) is 2.80. The van der Waals surface area contributed by atoms with Crippen LogP contribution >= 0.6 is 0 Å². The third-order valence-electron chi connectivity index (χ3n) is 3.47. The normalized spacial score (nSPS) is 22.4. The number of carbonyl (C=O) groups is 1. The molecule has 4 N–H and O–H groups in total. The number of hydrogen-bond acceptors (Lipinski definition) is 4. The van der Waals surface area contributed by atoms with E-state index in [0.29, 0.717) is 0 Å². The highest BCUT2D eigenvalue weighted by molar-refractivity contribution is 5.94. The zero-order chi connectivity index (χ0) is 14.0. The van der Waals surface area contributed by atoms with Crippen molar-refractivity contribution >= 4 is 17.3 Å². The molecule has 1 aromatic rings. The molecule has 19 heavy (non-hydrogen) atoms. The van der Waals surface area contributed by atoms with E-state index in [9.17, 15) is 9.18 Å². The highest BCUT2D eigenvalue weighted by atomic mass is 19.1. The summed E-state index contributed by atoms with van der Waals surface area (Å²) in [4.78, 5) is 11.0. The molecule has 0 aliphatic heterocycles. The van der Waals surface area contributed by atoms with Crippen LogP contribution in [0.15, 0.2) is 12.1 Å². The second kappa shape index (κ2) is 5.44. The highest BCUT2D eigenvalue weighted by Gasteiger charge is 2.28. The van der Waals surface area contributed by atoms with Crippen molar-refractivity contribution in [3.63, 3.8) is 0 Å². The highest BCUT2D eigenvalue weighted by Crippen LogP contribution is 2.28. The van der Waals surface area contributed by atoms with Crippen molar-refractivity contribution in [3.8, 4) is 0 Å². The van der Waals surface area contributed by atoms with Gasteiger partial charge in [0.05, 0.1) is 23.4 Å². The Balaban J connectivity index is 2.24. The Morgan fingerprint density at radius 1 is 1.53 bits per heavy atom. The minimum absolute atomic E-state index is 0.00947. The summed E-state index contributed by atoms with van der Waals surface area (Å²) in [6, 6.07) is 2.25. The van der Waals surface area contributed by atoms with Crippen molar-refractivity contribution in [2.24, 2.45) is 0 Å². The van der Waals surface area contributed by atoms with Crippen molar-refractivity contribution in [1.29, 1.82) is 0 Å². The SMILES string of the molecule is COC1CCCC1Nc1cc(C(=O)O)c(N)cc1F. The molecule has 6 heteroatoms. The Morgan fingerprint density at radius 2 is 2.26 bits per heavy atom. The van der Waals surface area contributed by atoms with Crippen molar-refractivity contribution in [2.75, 3.05) is 18.2 Å². The summed E-state index contributed by atoms with van der Waals surface area (Å²) in [6.45, 7) is 0. The van der Waals surface area contributed by atoms with Crippen LogP contribution in [0.4, 0.5) is 15.8 Å². The standard InChI is InChI=1S/C13H17FN2O3/c1-19-12-4-2-3-10(12)16-11-5-7(13(17)18)9(15)6-8(11)14/h5-6,10,12,16H,2-4,15H2,1H3,(H,17,18). The van der Waals surface area contributed by atoms with Crippen LogP contribution in [0.3, 0.4) is 0 Å². The summed E-state index contributed by atoms with van der Waals surface area (Å²) in [5.41, 5.74) is 5.45. The van der Waals surface area contributed by atoms with Crippen LogP contribution in [0.2, 0.25) is 0 Å². The van der Waals surface area contributed by atoms with Gasteiger partial charge in [-0.15, -0.1) is 0 Å². The third-order valence-corrected chi connectivity index (χ3v) is 3.47. The van der Waals surface area contributed by atoms with E-state index >= 15 is 0 Å².